The van der Waals surface area contributed by atoms with Crippen LogP contribution in [0.1, 0.15) is 17.2 Å². The summed E-state index contributed by atoms with van der Waals surface area (Å²) < 4.78 is 11.6. The minimum absolute atomic E-state index is 0.0701. The number of rotatable bonds is 7. The second-order valence-corrected chi connectivity index (χ2v) is 6.72. The molecule has 1 aromatic heterocycles. The van der Waals surface area contributed by atoms with Crippen LogP contribution < -0.4 is 15.8 Å². The van der Waals surface area contributed by atoms with Gasteiger partial charge in [-0.1, -0.05) is 34.1 Å². The average Bonchev–Trinajstić information content (AvgIpc) is 3.16. The van der Waals surface area contributed by atoms with E-state index in [-0.39, 0.29) is 12.1 Å². The van der Waals surface area contributed by atoms with E-state index in [1.807, 2.05) is 48.5 Å². The van der Waals surface area contributed by atoms with Gasteiger partial charge >= 0.3 is 0 Å². The summed E-state index contributed by atoms with van der Waals surface area (Å²) >= 11 is 3.60. The maximum Gasteiger partial charge on any atom is 0.119 e. The molecule has 0 aliphatic rings. The number of hydrogen-bond acceptors (Lipinski definition) is 4. The van der Waals surface area contributed by atoms with Crippen molar-refractivity contribution in [1.29, 1.82) is 0 Å². The van der Waals surface area contributed by atoms with Crippen LogP contribution in [-0.4, -0.2) is 13.2 Å². The van der Waals surface area contributed by atoms with Crippen molar-refractivity contribution in [3.8, 4) is 5.75 Å². The molecule has 4 nitrogen and oxygen atoms in total. The van der Waals surface area contributed by atoms with Gasteiger partial charge in [-0.05, 0) is 48.4 Å². The third kappa shape index (κ3) is 4.44. The standard InChI is InChI=1S/C20H21BrN2O2/c1-24-17-8-6-16(7-9-17)23-20(15-10-11-25-13-15)19(22)12-14-4-2-3-5-18(14)21/h2-11,13,19-20,23H,12,22H2,1H3/t19-,20+/m0/s1. The maximum absolute atomic E-state index is 6.56. The molecule has 25 heavy (non-hydrogen) atoms. The molecule has 0 radical (unpaired) electrons. The number of methoxy groups -OCH3 is 1. The van der Waals surface area contributed by atoms with Crippen LogP contribution in [0.15, 0.2) is 76.0 Å². The normalized spacial score (nSPS) is 13.2. The van der Waals surface area contributed by atoms with Crippen molar-refractivity contribution in [3.05, 3.63) is 82.7 Å². The van der Waals surface area contributed by atoms with E-state index < -0.39 is 0 Å². The van der Waals surface area contributed by atoms with Gasteiger partial charge < -0.3 is 20.2 Å². The number of ether oxygens (including phenoxy) is 1. The highest BCUT2D eigenvalue weighted by Crippen LogP contribution is 2.27. The van der Waals surface area contributed by atoms with Gasteiger partial charge in [0.15, 0.2) is 0 Å². The molecule has 3 N–H and O–H groups in total. The molecule has 5 heteroatoms. The summed E-state index contributed by atoms with van der Waals surface area (Å²) in [5.74, 6) is 0.822. The van der Waals surface area contributed by atoms with Crippen molar-refractivity contribution in [2.75, 3.05) is 12.4 Å². The Morgan fingerprint density at radius 2 is 1.88 bits per heavy atom. The fourth-order valence-electron chi connectivity index (χ4n) is 2.79. The number of nitrogens with two attached hydrogens (primary N) is 1. The predicted octanol–water partition coefficient (Wildman–Crippen LogP) is 4.77. The molecule has 2 aromatic carbocycles. The monoisotopic (exact) mass is 400 g/mol. The Labute approximate surface area is 156 Å². The summed E-state index contributed by atoms with van der Waals surface area (Å²) in [4.78, 5) is 0. The first-order chi connectivity index (χ1) is 12.2. The summed E-state index contributed by atoms with van der Waals surface area (Å²) in [6, 6.07) is 17.7. The molecule has 0 amide bonds. The molecule has 130 valence electrons. The maximum atomic E-state index is 6.56. The van der Waals surface area contributed by atoms with Crippen molar-refractivity contribution in [3.63, 3.8) is 0 Å². The van der Waals surface area contributed by atoms with Gasteiger partial charge in [-0.2, -0.15) is 0 Å². The number of halogens is 1. The highest BCUT2D eigenvalue weighted by molar-refractivity contribution is 9.10. The second kappa shape index (κ2) is 8.23. The van der Waals surface area contributed by atoms with Gasteiger partial charge in [0, 0.05) is 21.8 Å². The molecule has 2 atom stereocenters. The summed E-state index contributed by atoms with van der Waals surface area (Å²) in [6.07, 6.45) is 4.14. The number of hydrogen-bond donors (Lipinski definition) is 2. The lowest BCUT2D eigenvalue weighted by Gasteiger charge is -2.26. The lowest BCUT2D eigenvalue weighted by Crippen LogP contribution is -2.35. The van der Waals surface area contributed by atoms with E-state index in [9.17, 15) is 0 Å². The smallest absolute Gasteiger partial charge is 0.119 e. The van der Waals surface area contributed by atoms with Crippen LogP contribution in [-0.2, 0) is 6.42 Å². The largest absolute Gasteiger partial charge is 0.497 e. The van der Waals surface area contributed by atoms with Gasteiger partial charge in [-0.25, -0.2) is 0 Å². The fraction of sp³-hybridized carbons (Fsp3) is 0.200. The molecule has 0 spiro atoms. The van der Waals surface area contributed by atoms with Gasteiger partial charge in [0.25, 0.3) is 0 Å². The third-order valence-corrected chi connectivity index (χ3v) is 4.93. The van der Waals surface area contributed by atoms with Crippen LogP contribution in [0.5, 0.6) is 5.75 Å². The molecule has 0 aliphatic heterocycles. The minimum atomic E-state index is -0.126. The Kier molecular flexibility index (Phi) is 5.79. The Bertz CT molecular complexity index is 788. The molecule has 0 unspecified atom stereocenters. The lowest BCUT2D eigenvalue weighted by molar-refractivity contribution is 0.415. The van der Waals surface area contributed by atoms with Crippen molar-refractivity contribution < 1.29 is 9.15 Å². The van der Waals surface area contributed by atoms with E-state index in [1.165, 1.54) is 5.56 Å². The zero-order valence-electron chi connectivity index (χ0n) is 14.0. The molecule has 0 fully saturated rings. The summed E-state index contributed by atoms with van der Waals surface area (Å²) in [7, 11) is 1.66. The second-order valence-electron chi connectivity index (χ2n) is 5.87. The Hall–Kier alpha value is -2.24. The first kappa shape index (κ1) is 17.6. The number of anilines is 1. The van der Waals surface area contributed by atoms with Crippen molar-refractivity contribution >= 4 is 21.6 Å². The molecule has 0 saturated carbocycles. The van der Waals surface area contributed by atoms with Crippen LogP contribution in [0.4, 0.5) is 5.69 Å². The van der Waals surface area contributed by atoms with Crippen molar-refractivity contribution in [2.24, 2.45) is 5.73 Å². The van der Waals surface area contributed by atoms with Gasteiger partial charge in [0.1, 0.15) is 5.75 Å². The zero-order chi connectivity index (χ0) is 17.6. The number of benzene rings is 2. The van der Waals surface area contributed by atoms with Gasteiger partial charge in [0.2, 0.25) is 0 Å². The molecule has 0 saturated heterocycles. The molecule has 3 rings (SSSR count). The first-order valence-corrected chi connectivity index (χ1v) is 8.88. The fourth-order valence-corrected chi connectivity index (χ4v) is 3.24. The van der Waals surface area contributed by atoms with E-state index in [0.717, 1.165) is 27.9 Å². The van der Waals surface area contributed by atoms with Gasteiger partial charge in [-0.15, -0.1) is 0 Å². The highest BCUT2D eigenvalue weighted by atomic mass is 79.9. The molecular weight excluding hydrogens is 380 g/mol. The number of nitrogens with one attached hydrogen (secondary N) is 1. The molecule has 3 aromatic rings. The summed E-state index contributed by atoms with van der Waals surface area (Å²) in [5.41, 5.74) is 9.75. The van der Waals surface area contributed by atoms with E-state index in [0.29, 0.717) is 0 Å². The predicted molar refractivity (Wildman–Crippen MR) is 104 cm³/mol. The Morgan fingerprint density at radius 3 is 2.52 bits per heavy atom. The molecular formula is C20H21BrN2O2. The quantitative estimate of drug-likeness (QED) is 0.599. The Balaban J connectivity index is 1.80. The summed E-state index contributed by atoms with van der Waals surface area (Å²) in [5, 5.41) is 3.52. The topological polar surface area (TPSA) is 60.4 Å². The Morgan fingerprint density at radius 1 is 1.12 bits per heavy atom. The van der Waals surface area contributed by atoms with Crippen LogP contribution >= 0.6 is 15.9 Å². The van der Waals surface area contributed by atoms with E-state index in [1.54, 1.807) is 19.6 Å². The average molecular weight is 401 g/mol. The molecule has 1 heterocycles. The van der Waals surface area contributed by atoms with Crippen LogP contribution in [0.25, 0.3) is 0 Å². The zero-order valence-corrected chi connectivity index (χ0v) is 15.6. The number of furan rings is 1. The molecule has 0 aliphatic carbocycles. The minimum Gasteiger partial charge on any atom is -0.497 e. The molecule has 0 bridgehead atoms. The third-order valence-electron chi connectivity index (χ3n) is 4.16. The van der Waals surface area contributed by atoms with Crippen LogP contribution in [0.3, 0.4) is 0 Å². The summed E-state index contributed by atoms with van der Waals surface area (Å²) in [6.45, 7) is 0. The first-order valence-electron chi connectivity index (χ1n) is 8.09. The van der Waals surface area contributed by atoms with Crippen molar-refractivity contribution in [2.45, 2.75) is 18.5 Å². The van der Waals surface area contributed by atoms with E-state index in [2.05, 4.69) is 27.3 Å². The SMILES string of the molecule is COc1ccc(N[C@H](c2ccoc2)[C@@H](N)Cc2ccccc2Br)cc1. The van der Waals surface area contributed by atoms with Crippen molar-refractivity contribution in [1.82, 2.24) is 0 Å². The highest BCUT2D eigenvalue weighted by Gasteiger charge is 2.22. The van der Waals surface area contributed by atoms with E-state index >= 15 is 0 Å². The van der Waals surface area contributed by atoms with Crippen LogP contribution in [0.2, 0.25) is 0 Å². The van der Waals surface area contributed by atoms with E-state index in [4.69, 9.17) is 14.9 Å². The van der Waals surface area contributed by atoms with Gasteiger partial charge in [-0.3, -0.25) is 0 Å². The lowest BCUT2D eigenvalue weighted by atomic mass is 9.96. The van der Waals surface area contributed by atoms with Gasteiger partial charge in [0.05, 0.1) is 25.7 Å². The van der Waals surface area contributed by atoms with Crippen LogP contribution in [0, 0.1) is 0 Å².